The maximum atomic E-state index is 11.6. The van der Waals surface area contributed by atoms with Crippen LogP contribution in [0.3, 0.4) is 0 Å². The molecule has 1 aliphatic carbocycles. The summed E-state index contributed by atoms with van der Waals surface area (Å²) in [4.78, 5) is 23.2. The van der Waals surface area contributed by atoms with Crippen LogP contribution in [-0.2, 0) is 9.59 Å². The maximum absolute atomic E-state index is 11.6. The molecule has 0 unspecified atom stereocenters. The third kappa shape index (κ3) is 1.71. The van der Waals surface area contributed by atoms with Crippen LogP contribution in [0.4, 0.5) is 0 Å². The quantitative estimate of drug-likeness (QED) is 0.457. The molecular weight excluding hydrogens is 164 g/mol. The summed E-state index contributed by atoms with van der Waals surface area (Å²) in [5.41, 5.74) is 0.184. The van der Waals surface area contributed by atoms with Gasteiger partial charge in [0.15, 0.2) is 0 Å². The van der Waals surface area contributed by atoms with E-state index in [1.807, 2.05) is 6.92 Å². The molecular formula is C11H16O2. The topological polar surface area (TPSA) is 34.1 Å². The lowest BCUT2D eigenvalue weighted by Gasteiger charge is -2.31. The zero-order valence-corrected chi connectivity index (χ0v) is 8.52. The van der Waals surface area contributed by atoms with Crippen LogP contribution < -0.4 is 0 Å². The largest absolute Gasteiger partial charge is 0.299 e. The van der Waals surface area contributed by atoms with Gasteiger partial charge in [-0.2, -0.15) is 0 Å². The van der Waals surface area contributed by atoms with Gasteiger partial charge in [-0.05, 0) is 26.7 Å². The van der Waals surface area contributed by atoms with E-state index in [2.05, 4.69) is 6.58 Å². The van der Waals surface area contributed by atoms with E-state index in [0.717, 1.165) is 5.57 Å². The van der Waals surface area contributed by atoms with Crippen LogP contribution in [-0.4, -0.2) is 11.6 Å². The molecule has 72 valence electrons. The smallest absolute Gasteiger partial charge is 0.146 e. The molecule has 0 spiro atoms. The first-order chi connectivity index (χ1) is 5.85. The van der Waals surface area contributed by atoms with Crippen molar-refractivity contribution in [2.45, 2.75) is 33.6 Å². The molecule has 1 rings (SSSR count). The number of carbonyl (C=O) groups excluding carboxylic acids is 2. The Morgan fingerprint density at radius 1 is 1.31 bits per heavy atom. The summed E-state index contributed by atoms with van der Waals surface area (Å²) < 4.78 is 0. The van der Waals surface area contributed by atoms with E-state index >= 15 is 0 Å². The number of rotatable bonds is 1. The molecule has 0 radical (unpaired) electrons. The van der Waals surface area contributed by atoms with E-state index in [1.54, 1.807) is 13.8 Å². The average molecular weight is 180 g/mol. The first-order valence-corrected chi connectivity index (χ1v) is 4.57. The Balaban J connectivity index is 2.86. The SMILES string of the molecule is C=C(C)C1CC(=O)C(C)(C)C(=O)C1. The fourth-order valence-corrected chi connectivity index (χ4v) is 1.53. The van der Waals surface area contributed by atoms with Crippen molar-refractivity contribution in [3.8, 4) is 0 Å². The number of hydrogen-bond acceptors (Lipinski definition) is 2. The number of hydrogen-bond donors (Lipinski definition) is 0. The molecule has 0 aromatic heterocycles. The Morgan fingerprint density at radius 2 is 1.69 bits per heavy atom. The molecule has 1 aliphatic rings. The second-order valence-corrected chi connectivity index (χ2v) is 4.42. The average Bonchev–Trinajstić information content (AvgIpc) is 2.00. The number of Topliss-reactive ketones (excluding diaryl/α,β-unsaturated/α-hetero) is 2. The second-order valence-electron chi connectivity index (χ2n) is 4.42. The van der Waals surface area contributed by atoms with E-state index in [9.17, 15) is 9.59 Å². The van der Waals surface area contributed by atoms with E-state index < -0.39 is 5.41 Å². The van der Waals surface area contributed by atoms with E-state index in [1.165, 1.54) is 0 Å². The Labute approximate surface area is 79.0 Å². The highest BCUT2D eigenvalue weighted by atomic mass is 16.2. The highest BCUT2D eigenvalue weighted by Crippen LogP contribution is 2.34. The van der Waals surface area contributed by atoms with Crippen LogP contribution in [0.2, 0.25) is 0 Å². The Bertz CT molecular complexity index is 254. The Morgan fingerprint density at radius 3 is 2.00 bits per heavy atom. The third-order valence-electron chi connectivity index (χ3n) is 2.95. The van der Waals surface area contributed by atoms with E-state index in [0.29, 0.717) is 12.8 Å². The van der Waals surface area contributed by atoms with Gasteiger partial charge in [0.1, 0.15) is 11.6 Å². The number of ketones is 2. The van der Waals surface area contributed by atoms with Crippen molar-refractivity contribution < 1.29 is 9.59 Å². The summed E-state index contributed by atoms with van der Waals surface area (Å²) >= 11 is 0. The van der Waals surface area contributed by atoms with Crippen molar-refractivity contribution in [3.63, 3.8) is 0 Å². The first-order valence-electron chi connectivity index (χ1n) is 4.57. The highest BCUT2D eigenvalue weighted by molar-refractivity contribution is 6.08. The summed E-state index contributed by atoms with van der Waals surface area (Å²) in [5.74, 6) is 0.182. The Kier molecular flexibility index (Phi) is 2.42. The summed E-state index contributed by atoms with van der Waals surface area (Å²) in [6.07, 6.45) is 0.960. The molecule has 13 heavy (non-hydrogen) atoms. The van der Waals surface area contributed by atoms with Gasteiger partial charge in [0, 0.05) is 12.8 Å². The minimum Gasteiger partial charge on any atom is -0.299 e. The molecule has 2 nitrogen and oxygen atoms in total. The molecule has 0 amide bonds. The van der Waals surface area contributed by atoms with Gasteiger partial charge in [-0.25, -0.2) is 0 Å². The van der Waals surface area contributed by atoms with Gasteiger partial charge in [-0.1, -0.05) is 12.2 Å². The number of carbonyl (C=O) groups is 2. The lowest BCUT2D eigenvalue weighted by Crippen LogP contribution is -2.40. The van der Waals surface area contributed by atoms with Gasteiger partial charge in [0.25, 0.3) is 0 Å². The predicted octanol–water partition coefficient (Wildman–Crippen LogP) is 2.14. The standard InChI is InChI=1S/C11H16O2/c1-7(2)8-5-9(12)11(3,4)10(13)6-8/h8H,1,5-6H2,2-4H3. The fourth-order valence-electron chi connectivity index (χ4n) is 1.53. The summed E-state index contributed by atoms with van der Waals surface area (Å²) in [6, 6.07) is 0. The Hall–Kier alpha value is -0.920. The number of allylic oxidation sites excluding steroid dienone is 1. The van der Waals surface area contributed by atoms with Crippen LogP contribution >= 0.6 is 0 Å². The van der Waals surface area contributed by atoms with Crippen LogP contribution in [0.1, 0.15) is 33.6 Å². The molecule has 2 heteroatoms. The molecule has 0 atom stereocenters. The van der Waals surface area contributed by atoms with E-state index in [-0.39, 0.29) is 17.5 Å². The van der Waals surface area contributed by atoms with Gasteiger partial charge < -0.3 is 0 Å². The minimum absolute atomic E-state index is 0.0525. The van der Waals surface area contributed by atoms with Gasteiger partial charge in [0.2, 0.25) is 0 Å². The molecule has 1 saturated carbocycles. The fraction of sp³-hybridized carbons (Fsp3) is 0.636. The lowest BCUT2D eigenvalue weighted by molar-refractivity contribution is -0.142. The molecule has 0 aromatic carbocycles. The lowest BCUT2D eigenvalue weighted by atomic mass is 9.69. The van der Waals surface area contributed by atoms with Gasteiger partial charge in [-0.15, -0.1) is 0 Å². The summed E-state index contributed by atoms with van der Waals surface area (Å²) in [5, 5.41) is 0. The molecule has 0 saturated heterocycles. The van der Waals surface area contributed by atoms with Crippen molar-refractivity contribution in [2.75, 3.05) is 0 Å². The van der Waals surface area contributed by atoms with Gasteiger partial charge in [-0.3, -0.25) is 9.59 Å². The summed E-state index contributed by atoms with van der Waals surface area (Å²) in [6.45, 7) is 9.10. The molecule has 0 bridgehead atoms. The van der Waals surface area contributed by atoms with Gasteiger partial charge in [0.05, 0.1) is 5.41 Å². The van der Waals surface area contributed by atoms with Gasteiger partial charge >= 0.3 is 0 Å². The molecule has 0 heterocycles. The molecule has 0 aromatic rings. The van der Waals surface area contributed by atoms with Crippen molar-refractivity contribution >= 4 is 11.6 Å². The van der Waals surface area contributed by atoms with Crippen LogP contribution in [0.5, 0.6) is 0 Å². The minimum atomic E-state index is -0.758. The van der Waals surface area contributed by atoms with Crippen molar-refractivity contribution in [1.29, 1.82) is 0 Å². The zero-order chi connectivity index (χ0) is 10.2. The van der Waals surface area contributed by atoms with Crippen molar-refractivity contribution in [2.24, 2.45) is 11.3 Å². The second kappa shape index (κ2) is 3.09. The van der Waals surface area contributed by atoms with Crippen LogP contribution in [0.25, 0.3) is 0 Å². The molecule has 0 aliphatic heterocycles. The van der Waals surface area contributed by atoms with Crippen LogP contribution in [0, 0.1) is 11.3 Å². The monoisotopic (exact) mass is 180 g/mol. The first kappa shape index (κ1) is 10.2. The maximum Gasteiger partial charge on any atom is 0.146 e. The molecule has 1 fully saturated rings. The van der Waals surface area contributed by atoms with Crippen molar-refractivity contribution in [3.05, 3.63) is 12.2 Å². The third-order valence-corrected chi connectivity index (χ3v) is 2.95. The normalized spacial score (nSPS) is 23.3. The molecule has 0 N–H and O–H groups in total. The highest BCUT2D eigenvalue weighted by Gasteiger charge is 2.41. The van der Waals surface area contributed by atoms with Crippen LogP contribution in [0.15, 0.2) is 12.2 Å². The summed E-state index contributed by atoms with van der Waals surface area (Å²) in [7, 11) is 0. The predicted molar refractivity (Wildman–Crippen MR) is 51.3 cm³/mol. The van der Waals surface area contributed by atoms with E-state index in [4.69, 9.17) is 0 Å². The van der Waals surface area contributed by atoms with Crippen molar-refractivity contribution in [1.82, 2.24) is 0 Å². The zero-order valence-electron chi connectivity index (χ0n) is 8.52.